The van der Waals surface area contributed by atoms with Crippen LogP contribution in [0.5, 0.6) is 0 Å². The van der Waals surface area contributed by atoms with Crippen LogP contribution < -0.4 is 22.1 Å². The molecule has 0 heterocycles. The van der Waals surface area contributed by atoms with E-state index < -0.39 is 12.1 Å². The number of amides is 2. The highest BCUT2D eigenvalue weighted by Gasteiger charge is 2.38. The van der Waals surface area contributed by atoms with Crippen molar-refractivity contribution in [2.75, 3.05) is 52.4 Å². The summed E-state index contributed by atoms with van der Waals surface area (Å²) in [6.07, 6.45) is 29.6. The number of carboxylic acid groups (broad SMARTS) is 1. The molecule has 0 aromatic carbocycles. The van der Waals surface area contributed by atoms with E-state index in [0.29, 0.717) is 18.0 Å². The Bertz CT molecular complexity index is 1030. The summed E-state index contributed by atoms with van der Waals surface area (Å²) in [5, 5.41) is 13.7. The average molecular weight is 845 g/mol. The van der Waals surface area contributed by atoms with Crippen LogP contribution in [-0.2, 0) is 4.79 Å². The molecule has 7 N–H and O–H groups in total. The first-order valence-corrected chi connectivity index (χ1v) is 23.9. The van der Waals surface area contributed by atoms with Crippen LogP contribution in [0.2, 0.25) is 0 Å². The molecule has 11 nitrogen and oxygen atoms in total. The minimum Gasteiger partial charge on any atom is -0.475 e. The van der Waals surface area contributed by atoms with Crippen LogP contribution in [0.3, 0.4) is 0 Å². The maximum absolute atomic E-state index is 14.1. The van der Waals surface area contributed by atoms with Gasteiger partial charge in [0.1, 0.15) is 0 Å². The van der Waals surface area contributed by atoms with Gasteiger partial charge in [-0.25, -0.2) is 9.59 Å². The largest absolute Gasteiger partial charge is 0.490 e. The standard InChI is InChI=1S/C43H86N8O.C2HF3O2/c1-3-5-7-9-17-23-33-50(35-25-19-13-11-15-21-31-46-41(44)48-37-39-27-28-39)43(52)51(34-24-18-10-8-6-4-2)36-26-20-14-12-16-22-32-47-42(45)49-38-40-29-30-40;3-2(4,5)1(6)7/h39-40H,3-38H2,1-2H3,(H3,44,46,48)(H3,45,47,49);(H,6,7). The molecule has 0 aromatic heterocycles. The SMILES string of the molecule is CCCCCCCCN(CCCCCCCCNC(N)=NCC1CC1)C(=O)N(CCCCCCCC)CCCCCCCCNC(N)=NCC1CC1.O=C(O)C(F)(F)F. The number of nitrogens with zero attached hydrogens (tertiary/aromatic N) is 4. The Morgan fingerprint density at radius 2 is 0.814 bits per heavy atom. The number of hydrogen-bond donors (Lipinski definition) is 5. The lowest BCUT2D eigenvalue weighted by molar-refractivity contribution is -0.192. The van der Waals surface area contributed by atoms with Gasteiger partial charge in [0.2, 0.25) is 0 Å². The van der Waals surface area contributed by atoms with E-state index in [1.54, 1.807) is 0 Å². The number of hydrogen-bond acceptors (Lipinski definition) is 4. The minimum absolute atomic E-state index is 0.307. The monoisotopic (exact) mass is 845 g/mol. The van der Waals surface area contributed by atoms with Crippen LogP contribution in [0.4, 0.5) is 18.0 Å². The second-order valence-electron chi connectivity index (χ2n) is 17.0. The number of nitrogens with one attached hydrogen (secondary N) is 2. The van der Waals surface area contributed by atoms with E-state index in [2.05, 4.69) is 44.3 Å². The van der Waals surface area contributed by atoms with E-state index in [-0.39, 0.29) is 0 Å². The topological polar surface area (TPSA) is 162 Å². The Hall–Kier alpha value is -2.93. The van der Waals surface area contributed by atoms with E-state index in [1.807, 2.05) is 0 Å². The van der Waals surface area contributed by atoms with E-state index in [0.717, 1.165) is 103 Å². The molecule has 59 heavy (non-hydrogen) atoms. The maximum atomic E-state index is 14.1. The van der Waals surface area contributed by atoms with Crippen molar-refractivity contribution in [3.05, 3.63) is 0 Å². The van der Waals surface area contributed by atoms with Gasteiger partial charge in [0.25, 0.3) is 0 Å². The first kappa shape index (κ1) is 54.1. The molecule has 2 amide bonds. The first-order valence-electron chi connectivity index (χ1n) is 23.9. The summed E-state index contributed by atoms with van der Waals surface area (Å²) in [5.74, 6) is 0.0306. The molecule has 2 aliphatic rings. The van der Waals surface area contributed by atoms with Crippen LogP contribution >= 0.6 is 0 Å². The first-order chi connectivity index (χ1) is 28.5. The van der Waals surface area contributed by atoms with Crippen molar-refractivity contribution in [1.82, 2.24) is 20.4 Å². The van der Waals surface area contributed by atoms with Gasteiger partial charge in [-0.05, 0) is 76.0 Å². The lowest BCUT2D eigenvalue weighted by Crippen LogP contribution is -2.45. The van der Waals surface area contributed by atoms with Gasteiger partial charge >= 0.3 is 18.2 Å². The number of unbranched alkanes of at least 4 members (excludes halogenated alkanes) is 20. The van der Waals surface area contributed by atoms with Crippen molar-refractivity contribution in [3.8, 4) is 0 Å². The highest BCUT2D eigenvalue weighted by molar-refractivity contribution is 5.78. The van der Waals surface area contributed by atoms with Crippen LogP contribution in [0.25, 0.3) is 0 Å². The Labute approximate surface area is 356 Å². The summed E-state index contributed by atoms with van der Waals surface area (Å²) < 4.78 is 31.7. The molecule has 0 saturated heterocycles. The van der Waals surface area contributed by atoms with Crippen molar-refractivity contribution < 1.29 is 27.9 Å². The lowest BCUT2D eigenvalue weighted by Gasteiger charge is -2.31. The van der Waals surface area contributed by atoms with Gasteiger partial charge in [-0.2, -0.15) is 13.2 Å². The molecule has 0 bridgehead atoms. The molecule has 2 saturated carbocycles. The molecule has 0 atom stereocenters. The molecule has 0 radical (unpaired) electrons. The van der Waals surface area contributed by atoms with Crippen molar-refractivity contribution in [2.24, 2.45) is 33.3 Å². The number of carbonyl (C=O) groups is 2. The van der Waals surface area contributed by atoms with Crippen molar-refractivity contribution >= 4 is 23.9 Å². The number of urea groups is 1. The summed E-state index contributed by atoms with van der Waals surface area (Å²) in [7, 11) is 0. The fourth-order valence-corrected chi connectivity index (χ4v) is 6.84. The minimum atomic E-state index is -5.08. The number of alkyl halides is 3. The molecule has 2 aliphatic carbocycles. The maximum Gasteiger partial charge on any atom is 0.490 e. The van der Waals surface area contributed by atoms with Crippen LogP contribution in [0.1, 0.15) is 194 Å². The van der Waals surface area contributed by atoms with E-state index in [9.17, 15) is 18.0 Å². The Morgan fingerprint density at radius 1 is 0.542 bits per heavy atom. The van der Waals surface area contributed by atoms with Gasteiger partial charge in [-0.3, -0.25) is 9.98 Å². The van der Waals surface area contributed by atoms with Gasteiger partial charge in [-0.15, -0.1) is 0 Å². The number of carbonyl (C=O) groups excluding carboxylic acids is 1. The number of aliphatic carboxylic acids is 1. The third-order valence-corrected chi connectivity index (χ3v) is 11.1. The third-order valence-electron chi connectivity index (χ3n) is 11.1. The van der Waals surface area contributed by atoms with Crippen molar-refractivity contribution in [2.45, 2.75) is 200 Å². The molecule has 2 rings (SSSR count). The summed E-state index contributed by atoms with van der Waals surface area (Å²) in [6.45, 7) is 11.8. The van der Waals surface area contributed by atoms with Gasteiger partial charge in [0, 0.05) is 52.4 Å². The Morgan fingerprint density at radius 3 is 1.08 bits per heavy atom. The van der Waals surface area contributed by atoms with Crippen molar-refractivity contribution in [1.29, 1.82) is 0 Å². The molecular weight excluding hydrogens is 758 g/mol. The molecule has 346 valence electrons. The number of halogens is 3. The molecular formula is C45H87F3N8O3. The zero-order valence-corrected chi connectivity index (χ0v) is 37.5. The highest BCUT2D eigenvalue weighted by atomic mass is 19.4. The van der Waals surface area contributed by atoms with E-state index in [4.69, 9.17) is 21.4 Å². The predicted molar refractivity (Wildman–Crippen MR) is 239 cm³/mol. The van der Waals surface area contributed by atoms with Gasteiger partial charge in [0.15, 0.2) is 11.9 Å². The molecule has 0 unspecified atom stereocenters. The smallest absolute Gasteiger partial charge is 0.475 e. The Kier molecular flexibility index (Phi) is 32.8. The summed E-state index contributed by atoms with van der Waals surface area (Å²) in [4.78, 5) is 36.4. The zero-order chi connectivity index (χ0) is 43.4. The quantitative estimate of drug-likeness (QED) is 0.0238. The average Bonchev–Trinajstić information content (AvgIpc) is 4.15. The normalized spacial score (nSPS) is 14.5. The molecule has 0 aliphatic heterocycles. The second kappa shape index (κ2) is 35.8. The van der Waals surface area contributed by atoms with Crippen molar-refractivity contribution in [3.63, 3.8) is 0 Å². The van der Waals surface area contributed by atoms with E-state index >= 15 is 0 Å². The molecule has 14 heteroatoms. The molecule has 2 fully saturated rings. The second-order valence-corrected chi connectivity index (χ2v) is 17.0. The number of nitrogens with two attached hydrogens (primary N) is 2. The summed E-state index contributed by atoms with van der Waals surface area (Å²) in [6, 6.07) is 0.307. The zero-order valence-electron chi connectivity index (χ0n) is 37.5. The fourth-order valence-electron chi connectivity index (χ4n) is 6.84. The molecule has 0 spiro atoms. The summed E-state index contributed by atoms with van der Waals surface area (Å²) >= 11 is 0. The highest BCUT2D eigenvalue weighted by Crippen LogP contribution is 2.29. The van der Waals surface area contributed by atoms with Crippen LogP contribution in [0.15, 0.2) is 9.98 Å². The summed E-state index contributed by atoms with van der Waals surface area (Å²) in [5.41, 5.74) is 12.0. The predicted octanol–water partition coefficient (Wildman–Crippen LogP) is 10.4. The van der Waals surface area contributed by atoms with Gasteiger partial charge in [-0.1, -0.05) is 129 Å². The van der Waals surface area contributed by atoms with Gasteiger partial charge < -0.3 is 37.0 Å². The number of rotatable bonds is 36. The lowest BCUT2D eigenvalue weighted by atomic mass is 10.1. The number of guanidine groups is 2. The number of aliphatic imine (C=N–C) groups is 2. The van der Waals surface area contributed by atoms with Gasteiger partial charge in [0.05, 0.1) is 0 Å². The van der Waals surface area contributed by atoms with E-state index in [1.165, 1.54) is 141 Å². The van der Waals surface area contributed by atoms with Crippen LogP contribution in [-0.4, -0.2) is 97.4 Å². The van der Waals surface area contributed by atoms with Crippen LogP contribution in [0, 0.1) is 11.8 Å². The molecule has 0 aromatic rings. The third kappa shape index (κ3) is 34.5. The number of carboxylic acids is 1. The Balaban J connectivity index is 0.00000227. The fraction of sp³-hybridized carbons (Fsp3) is 0.911.